The molecule has 0 fully saturated rings. The lowest BCUT2D eigenvalue weighted by Gasteiger charge is -2.32. The summed E-state index contributed by atoms with van der Waals surface area (Å²) in [6, 6.07) is 5.22. The predicted molar refractivity (Wildman–Crippen MR) is 54.5 cm³/mol. The fourth-order valence-corrected chi connectivity index (χ4v) is 1.92. The Kier molecular flexibility index (Phi) is 2.39. The SMILES string of the molecule is CC1=CC(O)(C(F)(F)F)c2ccccc2C1=O. The van der Waals surface area contributed by atoms with Gasteiger partial charge in [-0.2, -0.15) is 13.2 Å². The van der Waals surface area contributed by atoms with E-state index in [1.165, 1.54) is 25.1 Å². The van der Waals surface area contributed by atoms with Gasteiger partial charge in [-0.3, -0.25) is 4.79 Å². The molecule has 17 heavy (non-hydrogen) atoms. The first-order valence-electron chi connectivity index (χ1n) is 4.90. The first kappa shape index (κ1) is 11.9. The third kappa shape index (κ3) is 1.58. The lowest BCUT2D eigenvalue weighted by Crippen LogP contribution is -2.44. The summed E-state index contributed by atoms with van der Waals surface area (Å²) >= 11 is 0. The normalized spacial score (nSPS) is 24.3. The standard InChI is InChI=1S/C12H9F3O2/c1-7-6-11(17,12(13,14)15)9-5-3-2-4-8(9)10(7)16/h2-6,17H,1H3. The second-order valence-corrected chi connectivity index (χ2v) is 3.97. The Morgan fingerprint density at radius 3 is 2.41 bits per heavy atom. The summed E-state index contributed by atoms with van der Waals surface area (Å²) < 4.78 is 38.7. The predicted octanol–water partition coefficient (Wildman–Crippen LogP) is 2.58. The van der Waals surface area contributed by atoms with Crippen molar-refractivity contribution >= 4 is 5.78 Å². The average molecular weight is 242 g/mol. The molecule has 0 bridgehead atoms. The zero-order valence-electron chi connectivity index (χ0n) is 8.88. The fraction of sp³-hybridized carbons (Fsp3) is 0.250. The van der Waals surface area contributed by atoms with Crippen molar-refractivity contribution in [2.45, 2.75) is 18.7 Å². The molecule has 2 nitrogen and oxygen atoms in total. The van der Waals surface area contributed by atoms with Crippen LogP contribution in [0.3, 0.4) is 0 Å². The van der Waals surface area contributed by atoms with Crippen molar-refractivity contribution in [1.29, 1.82) is 0 Å². The number of alkyl halides is 3. The van der Waals surface area contributed by atoms with Gasteiger partial charge in [-0.1, -0.05) is 24.3 Å². The van der Waals surface area contributed by atoms with E-state index in [9.17, 15) is 23.1 Å². The fourth-order valence-electron chi connectivity index (χ4n) is 1.92. The van der Waals surface area contributed by atoms with Gasteiger partial charge >= 0.3 is 6.18 Å². The lowest BCUT2D eigenvalue weighted by atomic mass is 9.80. The molecule has 0 saturated heterocycles. The third-order valence-electron chi connectivity index (χ3n) is 2.80. The van der Waals surface area contributed by atoms with Crippen LogP contribution in [0.2, 0.25) is 0 Å². The van der Waals surface area contributed by atoms with Gasteiger partial charge in [0.05, 0.1) is 0 Å². The molecule has 0 aromatic heterocycles. The van der Waals surface area contributed by atoms with Crippen LogP contribution < -0.4 is 0 Å². The van der Waals surface area contributed by atoms with Crippen LogP contribution in [0.1, 0.15) is 22.8 Å². The van der Waals surface area contributed by atoms with E-state index in [4.69, 9.17) is 0 Å². The van der Waals surface area contributed by atoms with Crippen molar-refractivity contribution in [2.24, 2.45) is 0 Å². The molecule has 1 aliphatic carbocycles. The number of hydrogen-bond acceptors (Lipinski definition) is 2. The van der Waals surface area contributed by atoms with Gasteiger partial charge in [0.15, 0.2) is 5.78 Å². The largest absolute Gasteiger partial charge is 0.425 e. The second kappa shape index (κ2) is 3.43. The molecule has 1 N–H and O–H groups in total. The summed E-state index contributed by atoms with van der Waals surface area (Å²) in [7, 11) is 0. The Labute approximate surface area is 95.4 Å². The van der Waals surface area contributed by atoms with Crippen LogP contribution in [-0.2, 0) is 5.60 Å². The zero-order chi connectivity index (χ0) is 12.8. The number of allylic oxidation sites excluding steroid dienone is 1. The van der Waals surface area contributed by atoms with E-state index < -0.39 is 23.1 Å². The van der Waals surface area contributed by atoms with Gasteiger partial charge in [0.1, 0.15) is 0 Å². The summed E-state index contributed by atoms with van der Waals surface area (Å²) in [6.07, 6.45) is -4.29. The topological polar surface area (TPSA) is 37.3 Å². The molecule has 0 heterocycles. The van der Waals surface area contributed by atoms with Crippen molar-refractivity contribution in [3.05, 3.63) is 47.0 Å². The lowest BCUT2D eigenvalue weighted by molar-refractivity contribution is -0.245. The van der Waals surface area contributed by atoms with Crippen LogP contribution in [0.4, 0.5) is 13.2 Å². The van der Waals surface area contributed by atoms with E-state index in [-0.39, 0.29) is 11.1 Å². The highest BCUT2D eigenvalue weighted by molar-refractivity contribution is 6.11. The zero-order valence-corrected chi connectivity index (χ0v) is 8.88. The van der Waals surface area contributed by atoms with Crippen molar-refractivity contribution in [3.8, 4) is 0 Å². The van der Waals surface area contributed by atoms with E-state index >= 15 is 0 Å². The van der Waals surface area contributed by atoms with E-state index in [0.29, 0.717) is 6.08 Å². The van der Waals surface area contributed by atoms with Gasteiger partial charge in [0.25, 0.3) is 0 Å². The summed E-state index contributed by atoms with van der Waals surface area (Å²) in [5, 5.41) is 9.79. The Hall–Kier alpha value is -1.62. The van der Waals surface area contributed by atoms with Gasteiger partial charge in [0, 0.05) is 11.1 Å². The number of carbonyl (C=O) groups is 1. The maximum atomic E-state index is 12.9. The molecule has 0 radical (unpaired) electrons. The number of ketones is 1. The molecule has 1 aliphatic rings. The minimum absolute atomic E-state index is 0.104. The van der Waals surface area contributed by atoms with Crippen LogP contribution in [0.25, 0.3) is 0 Å². The van der Waals surface area contributed by atoms with E-state index in [2.05, 4.69) is 0 Å². The van der Waals surface area contributed by atoms with Crippen molar-refractivity contribution in [1.82, 2.24) is 0 Å². The van der Waals surface area contributed by atoms with Gasteiger partial charge in [-0.25, -0.2) is 0 Å². The summed E-state index contributed by atoms with van der Waals surface area (Å²) in [6.45, 7) is 1.26. The smallest absolute Gasteiger partial charge is 0.373 e. The number of benzene rings is 1. The Morgan fingerprint density at radius 2 is 1.82 bits per heavy atom. The minimum atomic E-state index is -4.86. The van der Waals surface area contributed by atoms with Gasteiger partial charge < -0.3 is 5.11 Å². The molecule has 1 aromatic carbocycles. The molecule has 1 atom stereocenters. The molecule has 2 rings (SSSR count). The van der Waals surface area contributed by atoms with Crippen LogP contribution in [0.15, 0.2) is 35.9 Å². The van der Waals surface area contributed by atoms with E-state index in [0.717, 1.165) is 6.07 Å². The van der Waals surface area contributed by atoms with Crippen LogP contribution >= 0.6 is 0 Å². The van der Waals surface area contributed by atoms with E-state index in [1.807, 2.05) is 0 Å². The molecule has 0 amide bonds. The number of halogens is 3. The number of rotatable bonds is 0. The van der Waals surface area contributed by atoms with Crippen LogP contribution in [0, 0.1) is 0 Å². The Bertz CT molecular complexity index is 517. The van der Waals surface area contributed by atoms with Gasteiger partial charge in [-0.05, 0) is 18.6 Å². The Morgan fingerprint density at radius 1 is 1.24 bits per heavy atom. The maximum Gasteiger partial charge on any atom is 0.425 e. The minimum Gasteiger partial charge on any atom is -0.373 e. The quantitative estimate of drug-likeness (QED) is 0.759. The third-order valence-corrected chi connectivity index (χ3v) is 2.80. The average Bonchev–Trinajstić information content (AvgIpc) is 2.25. The number of fused-ring (bicyclic) bond motifs is 1. The van der Waals surface area contributed by atoms with Crippen molar-refractivity contribution in [3.63, 3.8) is 0 Å². The Balaban J connectivity index is 2.75. The number of carbonyl (C=O) groups excluding carboxylic acids is 1. The molecule has 5 heteroatoms. The monoisotopic (exact) mass is 242 g/mol. The first-order valence-corrected chi connectivity index (χ1v) is 4.90. The summed E-state index contributed by atoms with van der Waals surface area (Å²) in [5.41, 5.74) is -3.71. The molecular formula is C12H9F3O2. The van der Waals surface area contributed by atoms with Crippen molar-refractivity contribution < 1.29 is 23.1 Å². The number of aliphatic hydroxyl groups is 1. The van der Waals surface area contributed by atoms with Crippen LogP contribution in [0.5, 0.6) is 0 Å². The van der Waals surface area contributed by atoms with Gasteiger partial charge in [-0.15, -0.1) is 0 Å². The molecule has 0 saturated carbocycles. The first-order chi connectivity index (χ1) is 7.77. The molecule has 1 unspecified atom stereocenters. The van der Waals surface area contributed by atoms with E-state index in [1.54, 1.807) is 0 Å². The number of Topliss-reactive ketones (excluding diaryl/α,β-unsaturated/α-hetero) is 1. The summed E-state index contributed by atoms with van der Waals surface area (Å²) in [5.74, 6) is -0.491. The molecule has 0 spiro atoms. The van der Waals surface area contributed by atoms with Gasteiger partial charge in [0.2, 0.25) is 5.60 Å². The molecule has 1 aromatic rings. The highest BCUT2D eigenvalue weighted by atomic mass is 19.4. The molecule has 90 valence electrons. The highest BCUT2D eigenvalue weighted by Gasteiger charge is 2.56. The summed E-state index contributed by atoms with van der Waals surface area (Å²) in [4.78, 5) is 11.7. The number of hydrogen-bond donors (Lipinski definition) is 1. The molecular weight excluding hydrogens is 233 g/mol. The second-order valence-electron chi connectivity index (χ2n) is 3.97. The van der Waals surface area contributed by atoms with Crippen LogP contribution in [-0.4, -0.2) is 17.1 Å². The van der Waals surface area contributed by atoms with Crippen molar-refractivity contribution in [2.75, 3.05) is 0 Å². The molecule has 0 aliphatic heterocycles. The maximum absolute atomic E-state index is 12.9. The highest BCUT2D eigenvalue weighted by Crippen LogP contribution is 2.44.